The van der Waals surface area contributed by atoms with Gasteiger partial charge in [-0.2, -0.15) is 0 Å². The van der Waals surface area contributed by atoms with E-state index in [2.05, 4.69) is 5.32 Å². The van der Waals surface area contributed by atoms with Crippen LogP contribution in [0.2, 0.25) is 0 Å². The summed E-state index contributed by atoms with van der Waals surface area (Å²) in [5.41, 5.74) is 1.96. The molecule has 0 fully saturated rings. The van der Waals surface area contributed by atoms with Gasteiger partial charge in [-0.25, -0.2) is 0 Å². The maximum atomic E-state index is 12.1. The second-order valence-electron chi connectivity index (χ2n) is 5.66. The maximum absolute atomic E-state index is 12.1. The van der Waals surface area contributed by atoms with Crippen molar-refractivity contribution >= 4 is 5.91 Å². The lowest BCUT2D eigenvalue weighted by atomic mass is 10.1. The van der Waals surface area contributed by atoms with E-state index in [1.165, 1.54) is 0 Å². The molecule has 1 amide bonds. The average molecular weight is 359 g/mol. The Balaban J connectivity index is 1.87. The van der Waals surface area contributed by atoms with Crippen molar-refractivity contribution in [3.63, 3.8) is 0 Å². The van der Waals surface area contributed by atoms with Crippen molar-refractivity contribution in [1.29, 1.82) is 0 Å². The highest BCUT2D eigenvalue weighted by atomic mass is 16.5. The molecule has 6 heteroatoms. The highest BCUT2D eigenvalue weighted by Gasteiger charge is 2.08. The van der Waals surface area contributed by atoms with E-state index in [9.17, 15) is 4.79 Å². The lowest BCUT2D eigenvalue weighted by Crippen LogP contribution is -2.23. The van der Waals surface area contributed by atoms with Crippen molar-refractivity contribution in [2.45, 2.75) is 19.4 Å². The van der Waals surface area contributed by atoms with Crippen LogP contribution in [-0.2, 0) is 17.8 Å². The minimum atomic E-state index is -0.0189. The van der Waals surface area contributed by atoms with Crippen LogP contribution >= 0.6 is 0 Å². The number of carbonyl (C=O) groups excluding carboxylic acids is 1. The SMILES string of the molecule is COc1ccc(CCC(=O)NCc2ccc(OC)c(OC)c2)cc1OC. The first-order valence-corrected chi connectivity index (χ1v) is 8.29. The highest BCUT2D eigenvalue weighted by molar-refractivity contribution is 5.76. The molecule has 0 saturated heterocycles. The molecular weight excluding hydrogens is 334 g/mol. The summed E-state index contributed by atoms with van der Waals surface area (Å²) in [5.74, 6) is 2.63. The fraction of sp³-hybridized carbons (Fsp3) is 0.350. The number of amides is 1. The van der Waals surface area contributed by atoms with E-state index in [-0.39, 0.29) is 5.91 Å². The molecule has 2 rings (SSSR count). The van der Waals surface area contributed by atoms with Gasteiger partial charge in [0, 0.05) is 13.0 Å². The Morgan fingerprint density at radius 1 is 0.769 bits per heavy atom. The summed E-state index contributed by atoms with van der Waals surface area (Å²) < 4.78 is 21.0. The van der Waals surface area contributed by atoms with Crippen LogP contribution in [0.1, 0.15) is 17.5 Å². The largest absolute Gasteiger partial charge is 0.493 e. The van der Waals surface area contributed by atoms with Gasteiger partial charge in [-0.15, -0.1) is 0 Å². The molecule has 6 nitrogen and oxygen atoms in total. The van der Waals surface area contributed by atoms with Gasteiger partial charge in [-0.1, -0.05) is 12.1 Å². The minimum absolute atomic E-state index is 0.0189. The summed E-state index contributed by atoms with van der Waals surface area (Å²) in [6.07, 6.45) is 1.01. The molecule has 0 bridgehead atoms. The van der Waals surface area contributed by atoms with Crippen LogP contribution in [-0.4, -0.2) is 34.3 Å². The van der Waals surface area contributed by atoms with Crippen molar-refractivity contribution < 1.29 is 23.7 Å². The molecule has 0 heterocycles. The van der Waals surface area contributed by atoms with Gasteiger partial charge in [-0.3, -0.25) is 4.79 Å². The van der Waals surface area contributed by atoms with E-state index in [0.29, 0.717) is 42.4 Å². The molecular formula is C20H25NO5. The predicted octanol–water partition coefficient (Wildman–Crippen LogP) is 2.97. The molecule has 26 heavy (non-hydrogen) atoms. The van der Waals surface area contributed by atoms with Crippen LogP contribution in [0, 0.1) is 0 Å². The highest BCUT2D eigenvalue weighted by Crippen LogP contribution is 2.28. The molecule has 140 valence electrons. The first kappa shape index (κ1) is 19.4. The maximum Gasteiger partial charge on any atom is 0.220 e. The van der Waals surface area contributed by atoms with E-state index < -0.39 is 0 Å². The molecule has 0 aromatic heterocycles. The Kier molecular flexibility index (Phi) is 7.14. The van der Waals surface area contributed by atoms with Crippen molar-refractivity contribution in [2.24, 2.45) is 0 Å². The normalized spacial score (nSPS) is 10.2. The first-order chi connectivity index (χ1) is 12.6. The summed E-state index contributed by atoms with van der Waals surface area (Å²) in [4.78, 5) is 12.1. The number of hydrogen-bond acceptors (Lipinski definition) is 5. The number of carbonyl (C=O) groups is 1. The Labute approximate surface area is 154 Å². The average Bonchev–Trinajstić information content (AvgIpc) is 2.69. The number of hydrogen-bond donors (Lipinski definition) is 1. The third-order valence-corrected chi connectivity index (χ3v) is 4.03. The Morgan fingerprint density at radius 3 is 1.81 bits per heavy atom. The van der Waals surface area contributed by atoms with Crippen LogP contribution in [0.3, 0.4) is 0 Å². The van der Waals surface area contributed by atoms with Crippen LogP contribution in [0.15, 0.2) is 36.4 Å². The fourth-order valence-corrected chi connectivity index (χ4v) is 2.57. The number of aryl methyl sites for hydroxylation is 1. The summed E-state index contributed by atoms with van der Waals surface area (Å²) in [7, 11) is 6.37. The van der Waals surface area contributed by atoms with Crippen LogP contribution in [0.25, 0.3) is 0 Å². The van der Waals surface area contributed by atoms with Gasteiger partial charge in [0.2, 0.25) is 5.91 Å². The summed E-state index contributed by atoms with van der Waals surface area (Å²) >= 11 is 0. The smallest absolute Gasteiger partial charge is 0.220 e. The first-order valence-electron chi connectivity index (χ1n) is 8.29. The molecule has 0 aliphatic carbocycles. The zero-order chi connectivity index (χ0) is 18.9. The molecule has 0 radical (unpaired) electrons. The molecule has 1 N–H and O–H groups in total. The second-order valence-corrected chi connectivity index (χ2v) is 5.66. The van der Waals surface area contributed by atoms with Crippen molar-refractivity contribution in [3.8, 4) is 23.0 Å². The third kappa shape index (κ3) is 5.05. The topological polar surface area (TPSA) is 66.0 Å². The standard InChI is InChI=1S/C20H25NO5/c1-23-16-8-5-14(11-18(16)25-3)7-10-20(22)21-13-15-6-9-17(24-2)19(12-15)26-4/h5-6,8-9,11-12H,7,10,13H2,1-4H3,(H,21,22). The summed E-state index contributed by atoms with van der Waals surface area (Å²) in [5, 5.41) is 2.92. The molecule has 0 aliphatic heterocycles. The van der Waals surface area contributed by atoms with Gasteiger partial charge in [0.25, 0.3) is 0 Å². The van der Waals surface area contributed by atoms with Gasteiger partial charge in [0.05, 0.1) is 28.4 Å². The van der Waals surface area contributed by atoms with Crippen molar-refractivity contribution in [3.05, 3.63) is 47.5 Å². The van der Waals surface area contributed by atoms with Gasteiger partial charge in [-0.05, 0) is 41.8 Å². The number of ether oxygens (including phenoxy) is 4. The van der Waals surface area contributed by atoms with E-state index in [4.69, 9.17) is 18.9 Å². The summed E-state index contributed by atoms with van der Waals surface area (Å²) in [6, 6.07) is 11.2. The van der Waals surface area contributed by atoms with Gasteiger partial charge < -0.3 is 24.3 Å². The number of methoxy groups -OCH3 is 4. The van der Waals surface area contributed by atoms with E-state index in [1.807, 2.05) is 36.4 Å². The molecule has 0 spiro atoms. The second kappa shape index (κ2) is 9.56. The van der Waals surface area contributed by atoms with Gasteiger partial charge in [0.1, 0.15) is 0 Å². The van der Waals surface area contributed by atoms with Crippen LogP contribution in [0.5, 0.6) is 23.0 Å². The fourth-order valence-electron chi connectivity index (χ4n) is 2.57. The predicted molar refractivity (Wildman–Crippen MR) is 99.3 cm³/mol. The van der Waals surface area contributed by atoms with Crippen molar-refractivity contribution in [1.82, 2.24) is 5.32 Å². The molecule has 0 atom stereocenters. The zero-order valence-corrected chi connectivity index (χ0v) is 15.6. The van der Waals surface area contributed by atoms with E-state index in [0.717, 1.165) is 11.1 Å². The Hall–Kier alpha value is -2.89. The monoisotopic (exact) mass is 359 g/mol. The Morgan fingerprint density at radius 2 is 1.27 bits per heavy atom. The number of benzene rings is 2. The van der Waals surface area contributed by atoms with Gasteiger partial charge >= 0.3 is 0 Å². The minimum Gasteiger partial charge on any atom is -0.493 e. The van der Waals surface area contributed by atoms with E-state index >= 15 is 0 Å². The number of nitrogens with one attached hydrogen (secondary N) is 1. The molecule has 2 aromatic rings. The lowest BCUT2D eigenvalue weighted by molar-refractivity contribution is -0.121. The molecule has 0 saturated carbocycles. The quantitative estimate of drug-likeness (QED) is 0.746. The molecule has 2 aromatic carbocycles. The van der Waals surface area contributed by atoms with Crippen molar-refractivity contribution in [2.75, 3.05) is 28.4 Å². The zero-order valence-electron chi connectivity index (χ0n) is 15.6. The van der Waals surface area contributed by atoms with Crippen LogP contribution < -0.4 is 24.3 Å². The van der Waals surface area contributed by atoms with Crippen LogP contribution in [0.4, 0.5) is 0 Å². The lowest BCUT2D eigenvalue weighted by Gasteiger charge is -2.11. The summed E-state index contributed by atoms with van der Waals surface area (Å²) in [6.45, 7) is 0.436. The Bertz CT molecular complexity index is 683. The van der Waals surface area contributed by atoms with E-state index in [1.54, 1.807) is 28.4 Å². The molecule has 0 aliphatic rings. The molecule has 0 unspecified atom stereocenters. The van der Waals surface area contributed by atoms with Gasteiger partial charge in [0.15, 0.2) is 23.0 Å². The third-order valence-electron chi connectivity index (χ3n) is 4.03. The number of rotatable bonds is 9.